The first kappa shape index (κ1) is 27.6. The van der Waals surface area contributed by atoms with Crippen LogP contribution in [0.2, 0.25) is 10.0 Å². The highest BCUT2D eigenvalue weighted by atomic mass is 35.5. The maximum atomic E-state index is 14.6. The Morgan fingerprint density at radius 1 is 1.05 bits per heavy atom. The van der Waals surface area contributed by atoms with Gasteiger partial charge in [-0.1, -0.05) is 36.2 Å². The number of fused-ring (bicyclic) bond motifs is 1. The van der Waals surface area contributed by atoms with Crippen LogP contribution in [0.25, 0.3) is 0 Å². The maximum absolute atomic E-state index is 14.6. The summed E-state index contributed by atoms with van der Waals surface area (Å²) in [7, 11) is 1.40. The Bertz CT molecular complexity index is 1430. The number of aliphatic hydroxyl groups is 1. The molecule has 0 aromatic heterocycles. The second-order valence-corrected chi connectivity index (χ2v) is 9.46. The van der Waals surface area contributed by atoms with Gasteiger partial charge in [0.05, 0.1) is 16.3 Å². The van der Waals surface area contributed by atoms with Crippen molar-refractivity contribution in [3.63, 3.8) is 0 Å². The van der Waals surface area contributed by atoms with Gasteiger partial charge in [0.2, 0.25) is 0 Å². The van der Waals surface area contributed by atoms with Gasteiger partial charge >= 0.3 is 12.1 Å². The molecule has 2 atom stereocenters. The highest BCUT2D eigenvalue weighted by molar-refractivity contribution is 6.33. The van der Waals surface area contributed by atoms with Crippen molar-refractivity contribution >= 4 is 40.8 Å². The van der Waals surface area contributed by atoms with Crippen molar-refractivity contribution in [3.05, 3.63) is 81.3 Å². The quantitative estimate of drug-likeness (QED) is 0.357. The molecule has 3 aromatic rings. The van der Waals surface area contributed by atoms with Gasteiger partial charge in [-0.2, -0.15) is 13.2 Å². The number of aromatic carboxylic acids is 1. The first-order chi connectivity index (χ1) is 17.7. The van der Waals surface area contributed by atoms with Crippen molar-refractivity contribution in [2.75, 3.05) is 18.6 Å². The second-order valence-electron chi connectivity index (χ2n) is 8.64. The van der Waals surface area contributed by atoms with Crippen LogP contribution >= 0.6 is 23.2 Å². The SMILES string of the molecule is CC(c1cc(Oc2ccc(C(=O)O)c(Cl)c2)ccc1Cl)C(O)(c1ccc2c(c1)N(C)C(=O)CO2)C(F)(F)F. The van der Waals surface area contributed by atoms with E-state index in [-0.39, 0.29) is 50.7 Å². The number of anilines is 1. The zero-order valence-electron chi connectivity index (χ0n) is 19.8. The molecule has 0 spiro atoms. The summed E-state index contributed by atoms with van der Waals surface area (Å²) in [6.07, 6.45) is -5.15. The van der Waals surface area contributed by atoms with E-state index in [9.17, 15) is 27.9 Å². The average molecular weight is 570 g/mol. The molecule has 0 saturated heterocycles. The Morgan fingerprint density at radius 2 is 1.71 bits per heavy atom. The fourth-order valence-electron chi connectivity index (χ4n) is 4.18. The number of carboxylic acids is 1. The lowest BCUT2D eigenvalue weighted by Crippen LogP contribution is -2.47. The number of halogens is 5. The van der Waals surface area contributed by atoms with E-state index in [1.165, 1.54) is 56.4 Å². The summed E-state index contributed by atoms with van der Waals surface area (Å²) < 4.78 is 54.7. The largest absolute Gasteiger partial charge is 0.482 e. The van der Waals surface area contributed by atoms with Crippen LogP contribution in [0.15, 0.2) is 54.6 Å². The third kappa shape index (κ3) is 4.87. The summed E-state index contributed by atoms with van der Waals surface area (Å²) >= 11 is 12.3. The van der Waals surface area contributed by atoms with Crippen molar-refractivity contribution in [2.24, 2.45) is 0 Å². The number of rotatable bonds is 6. The highest BCUT2D eigenvalue weighted by Gasteiger charge is 2.59. The standard InChI is InChI=1S/C26H20Cl2F3NO6/c1-13(18-10-15(5-7-19(18)27)38-16-4-6-17(24(34)35)20(28)11-16)25(36,26(29,30)31)14-3-8-22-21(9-14)32(2)23(33)12-37-22/h3-11,13,36H,12H2,1-2H3,(H,34,35). The maximum Gasteiger partial charge on any atom is 0.422 e. The van der Waals surface area contributed by atoms with Gasteiger partial charge < -0.3 is 24.6 Å². The molecule has 0 saturated carbocycles. The molecule has 2 unspecified atom stereocenters. The number of alkyl halides is 3. The predicted molar refractivity (Wildman–Crippen MR) is 134 cm³/mol. The van der Waals surface area contributed by atoms with Gasteiger partial charge in [0, 0.05) is 24.1 Å². The van der Waals surface area contributed by atoms with E-state index in [1.54, 1.807) is 0 Å². The molecule has 38 heavy (non-hydrogen) atoms. The summed E-state index contributed by atoms with van der Waals surface area (Å²) in [6.45, 7) is 0.914. The van der Waals surface area contributed by atoms with Crippen molar-refractivity contribution in [1.29, 1.82) is 0 Å². The molecule has 2 N–H and O–H groups in total. The topological polar surface area (TPSA) is 96.3 Å². The minimum Gasteiger partial charge on any atom is -0.482 e. The van der Waals surface area contributed by atoms with Crippen LogP contribution in [0.1, 0.15) is 34.3 Å². The average Bonchev–Trinajstić information content (AvgIpc) is 2.85. The van der Waals surface area contributed by atoms with Crippen LogP contribution in [0.3, 0.4) is 0 Å². The minimum absolute atomic E-state index is 0.0552. The summed E-state index contributed by atoms with van der Waals surface area (Å²) in [6, 6.07) is 11.2. The number of nitrogens with zero attached hydrogens (tertiary/aromatic N) is 1. The fraction of sp³-hybridized carbons (Fsp3) is 0.231. The van der Waals surface area contributed by atoms with Crippen molar-refractivity contribution in [3.8, 4) is 17.2 Å². The lowest BCUT2D eigenvalue weighted by Gasteiger charge is -2.38. The summed E-state index contributed by atoms with van der Waals surface area (Å²) in [5.41, 5.74) is -4.07. The first-order valence-corrected chi connectivity index (χ1v) is 11.8. The van der Waals surface area contributed by atoms with Crippen molar-refractivity contribution < 1.29 is 42.4 Å². The van der Waals surface area contributed by atoms with Crippen LogP contribution in [0.5, 0.6) is 17.2 Å². The van der Waals surface area contributed by atoms with Crippen molar-refractivity contribution in [2.45, 2.75) is 24.6 Å². The molecule has 1 aliphatic heterocycles. The van der Waals surface area contributed by atoms with E-state index in [4.69, 9.17) is 37.8 Å². The molecule has 1 heterocycles. The van der Waals surface area contributed by atoms with E-state index in [1.807, 2.05) is 0 Å². The van der Waals surface area contributed by atoms with Gasteiger partial charge in [-0.25, -0.2) is 4.79 Å². The van der Waals surface area contributed by atoms with Gasteiger partial charge in [0.15, 0.2) is 12.2 Å². The Hall–Kier alpha value is -3.47. The molecule has 3 aromatic carbocycles. The van der Waals surface area contributed by atoms with E-state index in [2.05, 4.69) is 0 Å². The number of benzene rings is 3. The van der Waals surface area contributed by atoms with Gasteiger partial charge in [0.1, 0.15) is 17.2 Å². The van der Waals surface area contributed by atoms with Gasteiger partial charge in [0.25, 0.3) is 5.91 Å². The highest BCUT2D eigenvalue weighted by Crippen LogP contribution is 2.51. The van der Waals surface area contributed by atoms with E-state index >= 15 is 0 Å². The zero-order chi connectivity index (χ0) is 28.0. The summed E-state index contributed by atoms with van der Waals surface area (Å²) in [5.74, 6) is -2.92. The summed E-state index contributed by atoms with van der Waals surface area (Å²) in [4.78, 5) is 24.4. The molecule has 0 aliphatic carbocycles. The second kappa shape index (κ2) is 10.0. The molecule has 12 heteroatoms. The number of amides is 1. The zero-order valence-corrected chi connectivity index (χ0v) is 21.4. The number of carbonyl (C=O) groups excluding carboxylic acids is 1. The molecule has 0 bridgehead atoms. The van der Waals surface area contributed by atoms with Crippen LogP contribution < -0.4 is 14.4 Å². The number of ether oxygens (including phenoxy) is 2. The predicted octanol–water partition coefficient (Wildman–Crippen LogP) is 6.39. The summed E-state index contributed by atoms with van der Waals surface area (Å²) in [5, 5.41) is 20.2. The first-order valence-electron chi connectivity index (χ1n) is 11.1. The van der Waals surface area contributed by atoms with Crippen LogP contribution in [-0.4, -0.2) is 41.9 Å². The molecule has 0 radical (unpaired) electrons. The van der Waals surface area contributed by atoms with Gasteiger partial charge in [-0.3, -0.25) is 4.79 Å². The van der Waals surface area contributed by atoms with E-state index in [0.717, 1.165) is 17.0 Å². The Kier molecular flexibility index (Phi) is 7.26. The molecule has 200 valence electrons. The van der Waals surface area contributed by atoms with Gasteiger partial charge in [-0.15, -0.1) is 0 Å². The monoisotopic (exact) mass is 569 g/mol. The number of hydrogen-bond acceptors (Lipinski definition) is 5. The fourth-order valence-corrected chi connectivity index (χ4v) is 4.71. The smallest absolute Gasteiger partial charge is 0.422 e. The molecular formula is C26H20Cl2F3NO6. The van der Waals surface area contributed by atoms with Crippen molar-refractivity contribution in [1.82, 2.24) is 0 Å². The van der Waals surface area contributed by atoms with Crippen LogP contribution in [0.4, 0.5) is 18.9 Å². The third-order valence-corrected chi connectivity index (χ3v) is 7.04. The van der Waals surface area contributed by atoms with Crippen LogP contribution in [-0.2, 0) is 10.4 Å². The normalized spacial score (nSPS) is 15.8. The number of carbonyl (C=O) groups is 2. The van der Waals surface area contributed by atoms with E-state index in [0.29, 0.717) is 0 Å². The lowest BCUT2D eigenvalue weighted by molar-refractivity contribution is -0.274. The Morgan fingerprint density at radius 3 is 2.34 bits per heavy atom. The molecule has 7 nitrogen and oxygen atoms in total. The van der Waals surface area contributed by atoms with Crippen LogP contribution in [0, 0.1) is 0 Å². The Balaban J connectivity index is 1.75. The molecule has 0 fully saturated rings. The molecular weight excluding hydrogens is 550 g/mol. The number of carboxylic acid groups (broad SMARTS) is 1. The lowest BCUT2D eigenvalue weighted by atomic mass is 9.77. The molecule has 1 amide bonds. The molecule has 1 aliphatic rings. The van der Waals surface area contributed by atoms with Gasteiger partial charge in [-0.05, 0) is 53.6 Å². The number of hydrogen-bond donors (Lipinski definition) is 2. The third-order valence-electron chi connectivity index (χ3n) is 6.39. The number of likely N-dealkylation sites (N-methyl/N-ethyl adjacent to an activating group) is 1. The molecule has 4 rings (SSSR count). The minimum atomic E-state index is -5.15. The van der Waals surface area contributed by atoms with E-state index < -0.39 is 35.1 Å². The Labute approximate surface area is 224 Å².